The van der Waals surface area contributed by atoms with Gasteiger partial charge in [0.15, 0.2) is 0 Å². The molecule has 4 nitrogen and oxygen atoms in total. The molecule has 0 heterocycles. The van der Waals surface area contributed by atoms with E-state index in [2.05, 4.69) is 19.2 Å². The minimum Gasteiger partial charge on any atom is -0.481 e. The number of carboxylic acid groups (broad SMARTS) is 1. The Kier molecular flexibility index (Phi) is 5.84. The third-order valence-electron chi connectivity index (χ3n) is 6.03. The van der Waals surface area contributed by atoms with Gasteiger partial charge in [-0.1, -0.05) is 26.0 Å². The Hall–Kier alpha value is -1.53. The molecule has 0 saturated heterocycles. The normalized spacial score (nSPS) is 30.8. The highest BCUT2D eigenvalue weighted by molar-refractivity contribution is 5.82. The van der Waals surface area contributed by atoms with E-state index in [1.165, 1.54) is 0 Å². The van der Waals surface area contributed by atoms with Crippen molar-refractivity contribution in [3.8, 4) is 0 Å². The van der Waals surface area contributed by atoms with Gasteiger partial charge in [-0.3, -0.25) is 9.59 Å². The van der Waals surface area contributed by atoms with Gasteiger partial charge in [0.25, 0.3) is 0 Å². The number of alkyl halides is 3. The van der Waals surface area contributed by atoms with Crippen LogP contribution in [0.2, 0.25) is 0 Å². The Morgan fingerprint density at radius 1 is 1.24 bits per heavy atom. The highest BCUT2D eigenvalue weighted by Crippen LogP contribution is 2.62. The number of nitrogens with one attached hydrogen (secondary N) is 1. The number of carbonyl (C=O) groups is 2. The Labute approximate surface area is 145 Å². The molecule has 3 aliphatic carbocycles. The highest BCUT2D eigenvalue weighted by Gasteiger charge is 2.58. The van der Waals surface area contributed by atoms with Gasteiger partial charge < -0.3 is 10.4 Å². The molecule has 3 rings (SSSR count). The van der Waals surface area contributed by atoms with Crippen LogP contribution in [0.3, 0.4) is 0 Å². The number of rotatable bonds is 7. The zero-order chi connectivity index (χ0) is 18.8. The van der Waals surface area contributed by atoms with Crippen molar-refractivity contribution >= 4 is 11.9 Å². The Bertz CT molecular complexity index is 542. The lowest BCUT2D eigenvalue weighted by molar-refractivity contribution is -0.179. The van der Waals surface area contributed by atoms with Crippen LogP contribution in [0.4, 0.5) is 13.2 Å². The second-order valence-electron chi connectivity index (χ2n) is 7.83. The average molecular weight is 361 g/mol. The standard InChI is InChI=1S/C18H26F3NO3/c1-17(2)11-9-13(17)12(7-5-3-4-6-8-15(23)24)14(10-11)22-16(25)18(19,20)21/h3,5,11-14H,4,6-10H2,1-2H3,(H,22,25)(H,23,24)/t11?,12-,13?,14-/m0/s1. The number of amides is 1. The minimum atomic E-state index is -4.85. The first-order chi connectivity index (χ1) is 11.5. The highest BCUT2D eigenvalue weighted by atomic mass is 19.4. The third kappa shape index (κ3) is 4.55. The summed E-state index contributed by atoms with van der Waals surface area (Å²) >= 11 is 0. The van der Waals surface area contributed by atoms with Gasteiger partial charge in [0.2, 0.25) is 0 Å². The van der Waals surface area contributed by atoms with Crippen molar-refractivity contribution in [3.63, 3.8) is 0 Å². The molecule has 0 aromatic heterocycles. The lowest BCUT2D eigenvalue weighted by Gasteiger charge is -2.62. The summed E-state index contributed by atoms with van der Waals surface area (Å²) in [6, 6.07) is -0.449. The number of unbranched alkanes of at least 4 members (excludes halogenated alkanes) is 1. The zero-order valence-electron chi connectivity index (χ0n) is 14.6. The van der Waals surface area contributed by atoms with E-state index in [-0.39, 0.29) is 17.8 Å². The average Bonchev–Trinajstić information content (AvgIpc) is 2.49. The van der Waals surface area contributed by atoms with Crippen molar-refractivity contribution in [1.82, 2.24) is 5.32 Å². The maximum absolute atomic E-state index is 12.6. The number of aliphatic carboxylic acids is 1. The zero-order valence-corrected chi connectivity index (χ0v) is 14.6. The van der Waals surface area contributed by atoms with Crippen molar-refractivity contribution in [1.29, 1.82) is 0 Å². The lowest BCUT2D eigenvalue weighted by Crippen LogP contribution is -2.62. The van der Waals surface area contributed by atoms with Crippen molar-refractivity contribution in [2.75, 3.05) is 0 Å². The second kappa shape index (κ2) is 7.38. The van der Waals surface area contributed by atoms with Gasteiger partial charge in [0.1, 0.15) is 0 Å². The number of halogens is 3. The molecule has 142 valence electrons. The summed E-state index contributed by atoms with van der Waals surface area (Å²) in [6.45, 7) is 4.30. The monoisotopic (exact) mass is 361 g/mol. The molecule has 25 heavy (non-hydrogen) atoms. The molecule has 0 aliphatic heterocycles. The van der Waals surface area contributed by atoms with E-state index < -0.39 is 24.1 Å². The summed E-state index contributed by atoms with van der Waals surface area (Å²) in [7, 11) is 0. The van der Waals surface area contributed by atoms with E-state index in [4.69, 9.17) is 5.11 Å². The van der Waals surface area contributed by atoms with Gasteiger partial charge in [-0.05, 0) is 55.3 Å². The van der Waals surface area contributed by atoms with Crippen LogP contribution in [-0.4, -0.2) is 29.2 Å². The number of carbonyl (C=O) groups excluding carboxylic acids is 1. The molecular formula is C18H26F3NO3. The Morgan fingerprint density at radius 2 is 1.92 bits per heavy atom. The van der Waals surface area contributed by atoms with Crippen LogP contribution < -0.4 is 5.32 Å². The molecule has 3 aliphatic rings. The van der Waals surface area contributed by atoms with Crippen LogP contribution in [0.15, 0.2) is 12.2 Å². The van der Waals surface area contributed by atoms with E-state index in [0.29, 0.717) is 37.5 Å². The molecule has 4 atom stereocenters. The fourth-order valence-electron chi connectivity index (χ4n) is 4.43. The van der Waals surface area contributed by atoms with E-state index in [0.717, 1.165) is 6.42 Å². The second-order valence-corrected chi connectivity index (χ2v) is 7.83. The Morgan fingerprint density at radius 3 is 2.48 bits per heavy atom. The van der Waals surface area contributed by atoms with Crippen LogP contribution in [-0.2, 0) is 9.59 Å². The maximum atomic E-state index is 12.6. The number of hydrogen-bond acceptors (Lipinski definition) is 2. The van der Waals surface area contributed by atoms with Crippen LogP contribution >= 0.6 is 0 Å². The molecule has 3 fully saturated rings. The Balaban J connectivity index is 1.95. The number of hydrogen-bond donors (Lipinski definition) is 2. The molecular weight excluding hydrogens is 335 g/mol. The summed E-state index contributed by atoms with van der Waals surface area (Å²) in [6.07, 6.45) is 2.44. The first kappa shape index (κ1) is 19.8. The fraction of sp³-hybridized carbons (Fsp3) is 0.778. The maximum Gasteiger partial charge on any atom is 0.471 e. The van der Waals surface area contributed by atoms with E-state index in [1.54, 1.807) is 0 Å². The fourth-order valence-corrected chi connectivity index (χ4v) is 4.43. The summed E-state index contributed by atoms with van der Waals surface area (Å²) in [4.78, 5) is 21.8. The lowest BCUT2D eigenvalue weighted by atomic mass is 9.44. The number of fused-ring (bicyclic) bond motifs is 2. The van der Waals surface area contributed by atoms with Crippen molar-refractivity contribution in [3.05, 3.63) is 12.2 Å². The summed E-state index contributed by atoms with van der Waals surface area (Å²) in [5, 5.41) is 10.8. The van der Waals surface area contributed by atoms with Crippen LogP contribution in [0.25, 0.3) is 0 Å². The largest absolute Gasteiger partial charge is 0.481 e. The van der Waals surface area contributed by atoms with Gasteiger partial charge >= 0.3 is 18.1 Å². The molecule has 0 spiro atoms. The van der Waals surface area contributed by atoms with Crippen molar-refractivity contribution in [2.45, 2.75) is 64.6 Å². The van der Waals surface area contributed by atoms with E-state index in [1.807, 2.05) is 12.2 Å². The van der Waals surface area contributed by atoms with Crippen LogP contribution in [0.5, 0.6) is 0 Å². The first-order valence-electron chi connectivity index (χ1n) is 8.78. The predicted molar refractivity (Wildman–Crippen MR) is 86.7 cm³/mol. The molecule has 1 amide bonds. The molecule has 2 N–H and O–H groups in total. The summed E-state index contributed by atoms with van der Waals surface area (Å²) in [5.41, 5.74) is 0.0985. The number of carboxylic acids is 1. The van der Waals surface area contributed by atoms with Gasteiger partial charge in [0.05, 0.1) is 0 Å². The first-order valence-corrected chi connectivity index (χ1v) is 8.78. The molecule has 3 saturated carbocycles. The number of allylic oxidation sites excluding steroid dienone is 2. The molecule has 2 unspecified atom stereocenters. The molecule has 0 aromatic rings. The van der Waals surface area contributed by atoms with Crippen LogP contribution in [0.1, 0.15) is 52.4 Å². The summed E-state index contributed by atoms with van der Waals surface area (Å²) in [5.74, 6) is -2.05. The van der Waals surface area contributed by atoms with Gasteiger partial charge in [0, 0.05) is 12.5 Å². The topological polar surface area (TPSA) is 66.4 Å². The summed E-state index contributed by atoms with van der Waals surface area (Å²) < 4.78 is 37.7. The van der Waals surface area contributed by atoms with Crippen molar-refractivity contribution in [2.24, 2.45) is 23.2 Å². The molecule has 0 aromatic carbocycles. The predicted octanol–water partition coefficient (Wildman–Crippen LogP) is 3.92. The third-order valence-corrected chi connectivity index (χ3v) is 6.03. The SMILES string of the molecule is CC1(C)C2CC1[C@H](CC=CCCCC(=O)O)[C@@H](NC(=O)C(F)(F)F)C2. The molecule has 0 radical (unpaired) electrons. The quantitative estimate of drug-likeness (QED) is 0.534. The van der Waals surface area contributed by atoms with E-state index >= 15 is 0 Å². The van der Waals surface area contributed by atoms with Crippen LogP contribution in [0, 0.1) is 23.2 Å². The van der Waals surface area contributed by atoms with Gasteiger partial charge in [-0.15, -0.1) is 0 Å². The molecule has 2 bridgehead atoms. The smallest absolute Gasteiger partial charge is 0.471 e. The molecule has 7 heteroatoms. The minimum absolute atomic E-state index is 0.0120. The van der Waals surface area contributed by atoms with Gasteiger partial charge in [-0.2, -0.15) is 13.2 Å². The van der Waals surface area contributed by atoms with Gasteiger partial charge in [-0.25, -0.2) is 0 Å². The van der Waals surface area contributed by atoms with E-state index in [9.17, 15) is 22.8 Å². The van der Waals surface area contributed by atoms with Crippen molar-refractivity contribution < 1.29 is 27.9 Å².